The zero-order chi connectivity index (χ0) is 8.58. The standard InChI is InChI=1S/C7H21PSi2/c1-8(9(2,3)4)10(5,6)7/h1-7H3. The van der Waals surface area contributed by atoms with Crippen molar-refractivity contribution in [1.29, 1.82) is 0 Å². The van der Waals surface area contributed by atoms with E-state index in [2.05, 4.69) is 45.9 Å². The van der Waals surface area contributed by atoms with E-state index in [1.54, 1.807) is 0 Å². The fourth-order valence-corrected chi connectivity index (χ4v) is 27.2. The molecule has 0 radical (unpaired) electrons. The van der Waals surface area contributed by atoms with E-state index in [1.807, 2.05) is 0 Å². The molecule has 0 aliphatic heterocycles. The number of hydrogen-bond acceptors (Lipinski definition) is 0. The fraction of sp³-hybridized carbons (Fsp3) is 1.00. The van der Waals surface area contributed by atoms with Gasteiger partial charge in [-0.1, -0.05) is 45.9 Å². The normalized spacial score (nSPS) is 14.4. The van der Waals surface area contributed by atoms with E-state index in [4.69, 9.17) is 0 Å². The van der Waals surface area contributed by atoms with Crippen LogP contribution < -0.4 is 0 Å². The van der Waals surface area contributed by atoms with Crippen LogP contribution in [0.3, 0.4) is 0 Å². The maximum Gasteiger partial charge on any atom is 0.0675 e. The molecule has 0 atom stereocenters. The van der Waals surface area contributed by atoms with E-state index in [-0.39, 0.29) is 0 Å². The van der Waals surface area contributed by atoms with Crippen LogP contribution in [0.25, 0.3) is 0 Å². The topological polar surface area (TPSA) is 0 Å². The Balaban J connectivity index is 4.23. The summed E-state index contributed by atoms with van der Waals surface area (Å²) in [6.07, 6.45) is 0. The molecule has 62 valence electrons. The van der Waals surface area contributed by atoms with Crippen LogP contribution in [0.15, 0.2) is 0 Å². The average Bonchev–Trinajstić information content (AvgIpc) is 1.59. The van der Waals surface area contributed by atoms with Gasteiger partial charge in [0.05, 0.1) is 15.5 Å². The van der Waals surface area contributed by atoms with Gasteiger partial charge in [-0.15, -0.1) is 7.02 Å². The van der Waals surface area contributed by atoms with E-state index in [9.17, 15) is 0 Å². The molecule has 0 fully saturated rings. The molecular formula is C7H21PSi2. The molecule has 0 aromatic heterocycles. The minimum Gasteiger partial charge on any atom is -0.133 e. The van der Waals surface area contributed by atoms with Gasteiger partial charge in [-0.05, 0) is 0 Å². The van der Waals surface area contributed by atoms with E-state index in [0.717, 1.165) is 0 Å². The Morgan fingerprint density at radius 2 is 0.900 bits per heavy atom. The highest BCUT2D eigenvalue weighted by atomic mass is 31.6. The quantitative estimate of drug-likeness (QED) is 0.461. The van der Waals surface area contributed by atoms with Crippen LogP contribution in [0, 0.1) is 0 Å². The lowest BCUT2D eigenvalue weighted by molar-refractivity contribution is 1.82. The van der Waals surface area contributed by atoms with Crippen molar-refractivity contribution in [3.8, 4) is 0 Å². The molecule has 0 saturated carbocycles. The minimum absolute atomic E-state index is 0.415. The molecule has 0 spiro atoms. The van der Waals surface area contributed by atoms with E-state index in [0.29, 0.717) is 7.02 Å². The third-order valence-electron chi connectivity index (χ3n) is 2.01. The molecule has 0 aromatic rings. The zero-order valence-electron chi connectivity index (χ0n) is 8.45. The maximum atomic E-state index is 2.52. The van der Waals surface area contributed by atoms with Gasteiger partial charge >= 0.3 is 0 Å². The van der Waals surface area contributed by atoms with Gasteiger partial charge in [0.15, 0.2) is 0 Å². The van der Waals surface area contributed by atoms with Crippen LogP contribution in [0.2, 0.25) is 39.3 Å². The highest BCUT2D eigenvalue weighted by Gasteiger charge is 2.32. The molecule has 0 N–H and O–H groups in total. The van der Waals surface area contributed by atoms with Gasteiger partial charge in [0.2, 0.25) is 0 Å². The molecule has 0 aromatic carbocycles. The largest absolute Gasteiger partial charge is 0.133 e. The van der Waals surface area contributed by atoms with E-state index >= 15 is 0 Å². The maximum absolute atomic E-state index is 2.52. The Labute approximate surface area is 68.9 Å². The summed E-state index contributed by atoms with van der Waals surface area (Å²) in [6, 6.07) is 0. The minimum atomic E-state index is -0.769. The second-order valence-electron chi connectivity index (χ2n) is 4.90. The molecule has 0 nitrogen and oxygen atoms in total. The van der Waals surface area contributed by atoms with Gasteiger partial charge in [0, 0.05) is 0 Å². The second-order valence-corrected chi connectivity index (χ2v) is 28.1. The van der Waals surface area contributed by atoms with Crippen molar-refractivity contribution in [2.24, 2.45) is 0 Å². The number of hydrogen-bond donors (Lipinski definition) is 0. The van der Waals surface area contributed by atoms with Crippen molar-refractivity contribution in [2.45, 2.75) is 39.3 Å². The van der Waals surface area contributed by atoms with E-state index < -0.39 is 15.5 Å². The average molecular weight is 192 g/mol. The number of rotatable bonds is 2. The molecule has 0 aliphatic carbocycles. The predicted octanol–water partition coefficient (Wildman–Crippen LogP) is 3.77. The first kappa shape index (κ1) is 10.9. The molecule has 0 amide bonds. The molecule has 0 rings (SSSR count). The summed E-state index contributed by atoms with van der Waals surface area (Å²) in [5, 5.41) is 0. The summed E-state index contributed by atoms with van der Waals surface area (Å²) in [5.74, 6) is 0. The zero-order valence-corrected chi connectivity index (χ0v) is 11.3. The van der Waals surface area contributed by atoms with Crippen LogP contribution in [0.5, 0.6) is 0 Å². The summed E-state index contributed by atoms with van der Waals surface area (Å²) in [5.41, 5.74) is 0. The third kappa shape index (κ3) is 3.31. The summed E-state index contributed by atoms with van der Waals surface area (Å²) >= 11 is 0. The lowest BCUT2D eigenvalue weighted by Gasteiger charge is -2.36. The highest BCUT2D eigenvalue weighted by molar-refractivity contribution is 8.18. The SMILES string of the molecule is CP([Si](C)(C)C)[Si](C)(C)C. The van der Waals surface area contributed by atoms with Gasteiger partial charge in [0.25, 0.3) is 0 Å². The first-order valence-corrected chi connectivity index (χ1v) is 14.4. The van der Waals surface area contributed by atoms with Crippen molar-refractivity contribution < 1.29 is 0 Å². The third-order valence-corrected chi connectivity index (χ3v) is 30.2. The molecule has 0 unspecified atom stereocenters. The van der Waals surface area contributed by atoms with Crippen LogP contribution in [0.1, 0.15) is 0 Å². The first-order valence-electron chi connectivity index (χ1n) is 3.89. The summed E-state index contributed by atoms with van der Waals surface area (Å²) in [7, 11) is -1.12. The van der Waals surface area contributed by atoms with E-state index in [1.165, 1.54) is 0 Å². The van der Waals surface area contributed by atoms with Gasteiger partial charge in [-0.2, -0.15) is 0 Å². The Bertz CT molecular complexity index is 95.8. The molecule has 0 heterocycles. The summed E-state index contributed by atoms with van der Waals surface area (Å²) < 4.78 is 0. The Morgan fingerprint density at radius 3 is 0.900 bits per heavy atom. The second kappa shape index (κ2) is 3.08. The van der Waals surface area contributed by atoms with Crippen molar-refractivity contribution in [2.75, 3.05) is 6.66 Å². The van der Waals surface area contributed by atoms with Gasteiger partial charge in [0.1, 0.15) is 0 Å². The van der Waals surface area contributed by atoms with Crippen molar-refractivity contribution in [1.82, 2.24) is 0 Å². The molecule has 10 heavy (non-hydrogen) atoms. The fourth-order valence-electron chi connectivity index (χ4n) is 1.01. The molecule has 3 heteroatoms. The van der Waals surface area contributed by atoms with Crippen molar-refractivity contribution in [3.05, 3.63) is 0 Å². The molecule has 0 saturated heterocycles. The Hall–Kier alpha value is 0.864. The summed E-state index contributed by atoms with van der Waals surface area (Å²) in [6.45, 7) is 17.6. The summed E-state index contributed by atoms with van der Waals surface area (Å²) in [4.78, 5) is 0. The van der Waals surface area contributed by atoms with Gasteiger partial charge < -0.3 is 0 Å². The molecular weight excluding hydrogens is 171 g/mol. The Kier molecular flexibility index (Phi) is 3.35. The lowest BCUT2D eigenvalue weighted by atomic mass is 11.8. The molecule has 0 aliphatic rings. The predicted molar refractivity (Wildman–Crippen MR) is 59.5 cm³/mol. The van der Waals surface area contributed by atoms with Crippen molar-refractivity contribution >= 4 is 22.5 Å². The smallest absolute Gasteiger partial charge is 0.0675 e. The highest BCUT2D eigenvalue weighted by Crippen LogP contribution is 2.51. The van der Waals surface area contributed by atoms with Crippen LogP contribution >= 0.6 is 7.02 Å². The van der Waals surface area contributed by atoms with Crippen LogP contribution in [-0.2, 0) is 0 Å². The van der Waals surface area contributed by atoms with Crippen LogP contribution in [0.4, 0.5) is 0 Å². The van der Waals surface area contributed by atoms with Crippen molar-refractivity contribution in [3.63, 3.8) is 0 Å². The Morgan fingerprint density at radius 1 is 0.700 bits per heavy atom. The van der Waals surface area contributed by atoms with Crippen LogP contribution in [-0.4, -0.2) is 22.1 Å². The molecule has 0 bridgehead atoms. The van der Waals surface area contributed by atoms with Gasteiger partial charge in [-0.3, -0.25) is 0 Å². The first-order chi connectivity index (χ1) is 4.15. The lowest BCUT2D eigenvalue weighted by Crippen LogP contribution is -2.31. The monoisotopic (exact) mass is 192 g/mol. The van der Waals surface area contributed by atoms with Gasteiger partial charge in [-0.25, -0.2) is 0 Å².